The van der Waals surface area contributed by atoms with Gasteiger partial charge >= 0.3 is 5.97 Å². The number of carbonyl (C=O) groups is 1. The van der Waals surface area contributed by atoms with Crippen LogP contribution in [-0.4, -0.2) is 33.7 Å². The third-order valence-corrected chi connectivity index (χ3v) is 2.49. The van der Waals surface area contributed by atoms with Crippen LogP contribution in [0.1, 0.15) is 19.5 Å². The minimum Gasteiger partial charge on any atom is -0.465 e. The number of aromatic nitrogens is 3. The number of rotatable bonds is 5. The monoisotopic (exact) mass is 248 g/mol. The van der Waals surface area contributed by atoms with Crippen molar-refractivity contribution in [3.63, 3.8) is 0 Å². The molecular weight excluding hydrogens is 232 g/mol. The molecule has 2 rings (SSSR count). The summed E-state index contributed by atoms with van der Waals surface area (Å²) in [7, 11) is 0. The Bertz CT molecular complexity index is 550. The zero-order valence-electron chi connectivity index (χ0n) is 10.5. The fraction of sp³-hybridized carbons (Fsp3) is 0.417. The highest BCUT2D eigenvalue weighted by Gasteiger charge is 2.07. The molecule has 0 saturated carbocycles. The molecule has 0 aromatic carbocycles. The van der Waals surface area contributed by atoms with E-state index in [9.17, 15) is 4.79 Å². The summed E-state index contributed by atoms with van der Waals surface area (Å²) < 4.78 is 6.53. The Labute approximate surface area is 105 Å². The quantitative estimate of drug-likeness (QED) is 0.807. The largest absolute Gasteiger partial charge is 0.465 e. The lowest BCUT2D eigenvalue weighted by atomic mass is 10.3. The number of ether oxygens (including phenoxy) is 1. The number of anilines is 1. The molecule has 0 amide bonds. The third-order valence-electron chi connectivity index (χ3n) is 2.49. The first kappa shape index (κ1) is 12.3. The van der Waals surface area contributed by atoms with Crippen LogP contribution in [0.3, 0.4) is 0 Å². The van der Waals surface area contributed by atoms with Gasteiger partial charge in [0.25, 0.3) is 0 Å². The van der Waals surface area contributed by atoms with Gasteiger partial charge in [-0.05, 0) is 13.3 Å². The van der Waals surface area contributed by atoms with Crippen LogP contribution in [0.15, 0.2) is 18.3 Å². The lowest BCUT2D eigenvalue weighted by molar-refractivity contribution is -0.140. The van der Waals surface area contributed by atoms with Gasteiger partial charge in [-0.3, -0.25) is 4.79 Å². The maximum absolute atomic E-state index is 11.3. The second kappa shape index (κ2) is 5.48. The van der Waals surface area contributed by atoms with Crippen molar-refractivity contribution < 1.29 is 9.53 Å². The van der Waals surface area contributed by atoms with E-state index in [2.05, 4.69) is 15.4 Å². The molecule has 0 aliphatic heterocycles. The number of carbonyl (C=O) groups excluding carboxylic acids is 1. The van der Waals surface area contributed by atoms with Crippen LogP contribution in [0.4, 0.5) is 5.82 Å². The van der Waals surface area contributed by atoms with E-state index in [-0.39, 0.29) is 12.5 Å². The molecule has 0 fully saturated rings. The Morgan fingerprint density at radius 2 is 2.33 bits per heavy atom. The van der Waals surface area contributed by atoms with Gasteiger partial charge in [0.15, 0.2) is 5.65 Å². The fourth-order valence-electron chi connectivity index (χ4n) is 1.65. The Morgan fingerprint density at radius 3 is 3.06 bits per heavy atom. The molecule has 0 aliphatic carbocycles. The molecule has 0 aliphatic rings. The first-order valence-corrected chi connectivity index (χ1v) is 5.97. The predicted molar refractivity (Wildman–Crippen MR) is 67.5 cm³/mol. The highest BCUT2D eigenvalue weighted by Crippen LogP contribution is 2.12. The van der Waals surface area contributed by atoms with Crippen molar-refractivity contribution >= 4 is 17.4 Å². The van der Waals surface area contributed by atoms with Crippen molar-refractivity contribution in [3.05, 3.63) is 24.0 Å². The summed E-state index contributed by atoms with van der Waals surface area (Å²) in [6, 6.07) is 3.72. The molecule has 0 atom stereocenters. The molecule has 6 heteroatoms. The molecule has 6 nitrogen and oxygen atoms in total. The highest BCUT2D eigenvalue weighted by molar-refractivity contribution is 5.74. The van der Waals surface area contributed by atoms with Crippen molar-refractivity contribution in [1.82, 2.24) is 14.6 Å². The van der Waals surface area contributed by atoms with E-state index in [0.29, 0.717) is 6.61 Å². The first-order valence-electron chi connectivity index (χ1n) is 5.97. The van der Waals surface area contributed by atoms with Gasteiger partial charge in [-0.25, -0.2) is 4.98 Å². The van der Waals surface area contributed by atoms with Gasteiger partial charge in [0.2, 0.25) is 0 Å². The molecule has 0 spiro atoms. The summed E-state index contributed by atoms with van der Waals surface area (Å²) in [5.41, 5.74) is 1.72. The van der Waals surface area contributed by atoms with Gasteiger partial charge in [-0.15, -0.1) is 0 Å². The van der Waals surface area contributed by atoms with E-state index < -0.39 is 0 Å². The van der Waals surface area contributed by atoms with Gasteiger partial charge < -0.3 is 10.1 Å². The van der Waals surface area contributed by atoms with Crippen LogP contribution in [-0.2, 0) is 16.0 Å². The molecular formula is C12H16N4O2. The van der Waals surface area contributed by atoms with E-state index in [0.717, 1.165) is 23.6 Å². The fourth-order valence-corrected chi connectivity index (χ4v) is 1.65. The van der Waals surface area contributed by atoms with Gasteiger partial charge in [-0.2, -0.15) is 9.61 Å². The van der Waals surface area contributed by atoms with Crippen LogP contribution >= 0.6 is 0 Å². The summed E-state index contributed by atoms with van der Waals surface area (Å²) in [4.78, 5) is 15.7. The van der Waals surface area contributed by atoms with E-state index in [1.807, 2.05) is 19.1 Å². The van der Waals surface area contributed by atoms with Crippen molar-refractivity contribution in [2.75, 3.05) is 18.5 Å². The van der Waals surface area contributed by atoms with E-state index >= 15 is 0 Å². The predicted octanol–water partition coefficient (Wildman–Crippen LogP) is 1.27. The summed E-state index contributed by atoms with van der Waals surface area (Å²) in [5, 5.41) is 7.18. The summed E-state index contributed by atoms with van der Waals surface area (Å²) in [6.07, 6.45) is 2.51. The van der Waals surface area contributed by atoms with Crippen LogP contribution < -0.4 is 5.32 Å². The van der Waals surface area contributed by atoms with Crippen LogP contribution in [0.25, 0.3) is 5.65 Å². The number of esters is 1. The molecule has 96 valence electrons. The Morgan fingerprint density at radius 1 is 1.50 bits per heavy atom. The zero-order valence-corrected chi connectivity index (χ0v) is 10.5. The van der Waals surface area contributed by atoms with E-state index in [4.69, 9.17) is 4.74 Å². The zero-order chi connectivity index (χ0) is 13.0. The van der Waals surface area contributed by atoms with Crippen molar-refractivity contribution in [3.8, 4) is 0 Å². The Balaban J connectivity index is 2.20. The molecule has 0 saturated heterocycles. The summed E-state index contributed by atoms with van der Waals surface area (Å²) in [6.45, 7) is 4.32. The van der Waals surface area contributed by atoms with E-state index in [1.165, 1.54) is 0 Å². The average molecular weight is 248 g/mol. The van der Waals surface area contributed by atoms with Gasteiger partial charge in [0.1, 0.15) is 12.4 Å². The number of hydrogen-bond donors (Lipinski definition) is 1. The normalized spacial score (nSPS) is 10.6. The molecule has 2 heterocycles. The summed E-state index contributed by atoms with van der Waals surface area (Å²) >= 11 is 0. The minimum absolute atomic E-state index is 0.121. The minimum atomic E-state index is -0.285. The smallest absolute Gasteiger partial charge is 0.325 e. The van der Waals surface area contributed by atoms with Crippen LogP contribution in [0.2, 0.25) is 0 Å². The number of nitrogens with zero attached hydrogens (tertiary/aromatic N) is 3. The Kier molecular flexibility index (Phi) is 3.76. The van der Waals surface area contributed by atoms with Crippen molar-refractivity contribution in [2.24, 2.45) is 0 Å². The van der Waals surface area contributed by atoms with Gasteiger partial charge in [0, 0.05) is 17.8 Å². The molecule has 0 radical (unpaired) electrons. The van der Waals surface area contributed by atoms with Gasteiger partial charge in [0.05, 0.1) is 12.8 Å². The van der Waals surface area contributed by atoms with Crippen molar-refractivity contribution in [1.29, 1.82) is 0 Å². The topological polar surface area (TPSA) is 68.5 Å². The molecule has 2 aromatic heterocycles. The average Bonchev–Trinajstić information content (AvgIpc) is 2.84. The summed E-state index contributed by atoms with van der Waals surface area (Å²) in [5.74, 6) is 0.461. The maximum Gasteiger partial charge on any atom is 0.325 e. The maximum atomic E-state index is 11.3. The van der Waals surface area contributed by atoms with Crippen LogP contribution in [0, 0.1) is 0 Å². The first-order chi connectivity index (χ1) is 8.74. The molecule has 18 heavy (non-hydrogen) atoms. The van der Waals surface area contributed by atoms with Crippen molar-refractivity contribution in [2.45, 2.75) is 20.3 Å². The molecule has 0 bridgehead atoms. The van der Waals surface area contributed by atoms with Crippen LogP contribution in [0.5, 0.6) is 0 Å². The number of fused-ring (bicyclic) bond motifs is 1. The van der Waals surface area contributed by atoms with E-state index in [1.54, 1.807) is 17.6 Å². The number of nitrogens with one attached hydrogen (secondary N) is 1. The third kappa shape index (κ3) is 2.58. The number of hydrogen-bond acceptors (Lipinski definition) is 5. The molecule has 2 aromatic rings. The lowest BCUT2D eigenvalue weighted by Gasteiger charge is -2.09. The molecule has 1 N–H and O–H groups in total. The standard InChI is InChI=1S/C12H16N4O2/c1-3-9-7-11(13-8-12(17)18-4-2)16-10(15-9)5-6-14-16/h5-7,13H,3-4,8H2,1-2H3. The second-order valence-corrected chi connectivity index (χ2v) is 3.75. The molecule has 0 unspecified atom stereocenters. The SMILES string of the molecule is CCOC(=O)CNc1cc(CC)nc2ccnn12. The number of aryl methyl sites for hydroxylation is 1. The van der Waals surface area contributed by atoms with Gasteiger partial charge in [-0.1, -0.05) is 6.92 Å². The second-order valence-electron chi connectivity index (χ2n) is 3.75. The highest BCUT2D eigenvalue weighted by atomic mass is 16.5. The lowest BCUT2D eigenvalue weighted by Crippen LogP contribution is -2.18. The Hall–Kier alpha value is -2.11.